The van der Waals surface area contributed by atoms with Crippen LogP contribution in [0.4, 0.5) is 5.69 Å². The van der Waals surface area contributed by atoms with Crippen LogP contribution in [0.15, 0.2) is 48.5 Å². The maximum atomic E-state index is 12.1. The van der Waals surface area contributed by atoms with E-state index in [1.807, 2.05) is 30.3 Å². The highest BCUT2D eigenvalue weighted by atomic mass is 35.5. The highest BCUT2D eigenvalue weighted by Crippen LogP contribution is 2.32. The second kappa shape index (κ2) is 9.95. The summed E-state index contributed by atoms with van der Waals surface area (Å²) in [4.78, 5) is 16.6. The van der Waals surface area contributed by atoms with Crippen molar-refractivity contribution in [3.05, 3.63) is 58.6 Å². The molecule has 1 fully saturated rings. The van der Waals surface area contributed by atoms with Crippen LogP contribution in [0.1, 0.15) is 0 Å². The SMILES string of the molecule is O=C(CN1CCN(CCOc2c(Cl)cccc2Cl)CC1)Nc1ccccc1. The van der Waals surface area contributed by atoms with Crippen molar-refractivity contribution in [1.29, 1.82) is 0 Å². The Hall–Kier alpha value is -1.79. The van der Waals surface area contributed by atoms with E-state index in [-0.39, 0.29) is 5.91 Å². The van der Waals surface area contributed by atoms with Gasteiger partial charge in [-0.2, -0.15) is 0 Å². The summed E-state index contributed by atoms with van der Waals surface area (Å²) in [5.74, 6) is 0.559. The van der Waals surface area contributed by atoms with E-state index in [4.69, 9.17) is 27.9 Å². The van der Waals surface area contributed by atoms with Gasteiger partial charge in [0.05, 0.1) is 16.6 Å². The first-order valence-electron chi connectivity index (χ1n) is 8.98. The number of benzene rings is 2. The molecule has 2 aromatic rings. The van der Waals surface area contributed by atoms with Crippen LogP contribution >= 0.6 is 23.2 Å². The highest BCUT2D eigenvalue weighted by molar-refractivity contribution is 6.37. The fourth-order valence-electron chi connectivity index (χ4n) is 2.99. The Morgan fingerprint density at radius 1 is 0.926 bits per heavy atom. The minimum Gasteiger partial charge on any atom is -0.489 e. The number of ether oxygens (including phenoxy) is 1. The molecule has 0 spiro atoms. The normalized spacial score (nSPS) is 15.5. The van der Waals surface area contributed by atoms with Crippen molar-refractivity contribution in [2.75, 3.05) is 51.2 Å². The Labute approximate surface area is 169 Å². The number of piperazine rings is 1. The van der Waals surface area contributed by atoms with Crippen molar-refractivity contribution in [2.24, 2.45) is 0 Å². The average molecular weight is 408 g/mol. The van der Waals surface area contributed by atoms with Gasteiger partial charge in [-0.25, -0.2) is 0 Å². The number of halogens is 2. The molecule has 0 aliphatic carbocycles. The summed E-state index contributed by atoms with van der Waals surface area (Å²) in [6.45, 7) is 5.25. The van der Waals surface area contributed by atoms with E-state index in [2.05, 4.69) is 15.1 Å². The van der Waals surface area contributed by atoms with Gasteiger partial charge in [0, 0.05) is 38.4 Å². The fourth-order valence-corrected chi connectivity index (χ4v) is 3.50. The van der Waals surface area contributed by atoms with Crippen molar-refractivity contribution in [2.45, 2.75) is 0 Å². The first kappa shape index (κ1) is 20.0. The van der Waals surface area contributed by atoms with Crippen LogP contribution in [-0.2, 0) is 4.79 Å². The van der Waals surface area contributed by atoms with Crippen LogP contribution < -0.4 is 10.1 Å². The lowest BCUT2D eigenvalue weighted by molar-refractivity contribution is -0.117. The first-order valence-corrected chi connectivity index (χ1v) is 9.74. The van der Waals surface area contributed by atoms with Gasteiger partial charge in [0.25, 0.3) is 0 Å². The van der Waals surface area contributed by atoms with Crippen molar-refractivity contribution in [3.8, 4) is 5.75 Å². The summed E-state index contributed by atoms with van der Waals surface area (Å²) in [6, 6.07) is 14.9. The molecule has 1 aliphatic heterocycles. The number of nitrogens with one attached hydrogen (secondary N) is 1. The first-order chi connectivity index (χ1) is 13.1. The summed E-state index contributed by atoms with van der Waals surface area (Å²) in [5, 5.41) is 3.97. The van der Waals surface area contributed by atoms with Gasteiger partial charge < -0.3 is 10.1 Å². The topological polar surface area (TPSA) is 44.8 Å². The molecule has 0 bridgehead atoms. The molecular formula is C20H23Cl2N3O2. The number of carbonyl (C=O) groups is 1. The average Bonchev–Trinajstić information content (AvgIpc) is 2.66. The molecule has 0 unspecified atom stereocenters. The van der Waals surface area contributed by atoms with Gasteiger partial charge in [0.15, 0.2) is 5.75 Å². The summed E-state index contributed by atoms with van der Waals surface area (Å²) >= 11 is 12.2. The van der Waals surface area contributed by atoms with Crippen LogP contribution in [0.25, 0.3) is 0 Å². The standard InChI is InChI=1S/C20H23Cl2N3O2/c21-17-7-4-8-18(22)20(17)27-14-13-24-9-11-25(12-10-24)15-19(26)23-16-5-2-1-3-6-16/h1-8H,9-15H2,(H,23,26). The van der Waals surface area contributed by atoms with Gasteiger partial charge in [-0.1, -0.05) is 47.5 Å². The van der Waals surface area contributed by atoms with Crippen LogP contribution in [-0.4, -0.2) is 61.6 Å². The minimum atomic E-state index is 0.0198. The van der Waals surface area contributed by atoms with E-state index in [1.165, 1.54) is 0 Å². The Balaban J connectivity index is 1.36. The van der Waals surface area contributed by atoms with Gasteiger partial charge in [0.1, 0.15) is 6.61 Å². The predicted octanol–water partition coefficient (Wildman–Crippen LogP) is 3.63. The van der Waals surface area contributed by atoms with Gasteiger partial charge in [-0.15, -0.1) is 0 Å². The molecule has 1 N–H and O–H groups in total. The maximum Gasteiger partial charge on any atom is 0.238 e. The van der Waals surface area contributed by atoms with Gasteiger partial charge >= 0.3 is 0 Å². The zero-order valence-electron chi connectivity index (χ0n) is 15.0. The Bertz CT molecular complexity index is 730. The van der Waals surface area contributed by atoms with Crippen molar-refractivity contribution >= 4 is 34.8 Å². The zero-order valence-corrected chi connectivity index (χ0v) is 16.5. The third-order valence-corrected chi connectivity index (χ3v) is 5.06. The quantitative estimate of drug-likeness (QED) is 0.760. The molecule has 0 atom stereocenters. The second-order valence-electron chi connectivity index (χ2n) is 6.43. The molecule has 7 heteroatoms. The number of rotatable bonds is 7. The molecule has 1 heterocycles. The highest BCUT2D eigenvalue weighted by Gasteiger charge is 2.19. The van der Waals surface area contributed by atoms with Gasteiger partial charge in [-0.3, -0.25) is 14.6 Å². The van der Waals surface area contributed by atoms with Crippen molar-refractivity contribution in [1.82, 2.24) is 9.80 Å². The monoisotopic (exact) mass is 407 g/mol. The van der Waals surface area contributed by atoms with Crippen LogP contribution in [0.2, 0.25) is 10.0 Å². The van der Waals surface area contributed by atoms with E-state index in [0.29, 0.717) is 28.9 Å². The van der Waals surface area contributed by atoms with Crippen molar-refractivity contribution < 1.29 is 9.53 Å². The zero-order chi connectivity index (χ0) is 19.1. The minimum absolute atomic E-state index is 0.0198. The van der Waals surface area contributed by atoms with Crippen LogP contribution in [0, 0.1) is 0 Å². The fraction of sp³-hybridized carbons (Fsp3) is 0.350. The third-order valence-electron chi connectivity index (χ3n) is 4.46. The maximum absolute atomic E-state index is 12.1. The summed E-state index contributed by atoms with van der Waals surface area (Å²) < 4.78 is 5.74. The van der Waals surface area contributed by atoms with E-state index >= 15 is 0 Å². The molecule has 3 rings (SSSR count). The third kappa shape index (κ3) is 6.11. The molecule has 1 aliphatic rings. The number of anilines is 1. The molecule has 2 aromatic carbocycles. The van der Waals surface area contributed by atoms with Gasteiger partial charge in [-0.05, 0) is 24.3 Å². The molecule has 1 amide bonds. The summed E-state index contributed by atoms with van der Waals surface area (Å²) in [7, 11) is 0. The molecular weight excluding hydrogens is 385 g/mol. The predicted molar refractivity (Wildman–Crippen MR) is 110 cm³/mol. The number of hydrogen-bond donors (Lipinski definition) is 1. The number of nitrogens with zero attached hydrogens (tertiary/aromatic N) is 2. The Kier molecular flexibility index (Phi) is 7.35. The lowest BCUT2D eigenvalue weighted by Gasteiger charge is -2.34. The largest absolute Gasteiger partial charge is 0.489 e. The Morgan fingerprint density at radius 3 is 2.22 bits per heavy atom. The van der Waals surface area contributed by atoms with E-state index in [9.17, 15) is 4.79 Å². The van der Waals surface area contributed by atoms with Crippen LogP contribution in [0.5, 0.6) is 5.75 Å². The number of carbonyl (C=O) groups excluding carboxylic acids is 1. The second-order valence-corrected chi connectivity index (χ2v) is 7.25. The molecule has 0 aromatic heterocycles. The molecule has 27 heavy (non-hydrogen) atoms. The number of hydrogen-bond acceptors (Lipinski definition) is 4. The number of para-hydroxylation sites is 2. The molecule has 0 saturated carbocycles. The molecule has 144 valence electrons. The van der Waals surface area contributed by atoms with E-state index < -0.39 is 0 Å². The van der Waals surface area contributed by atoms with E-state index in [0.717, 1.165) is 38.4 Å². The molecule has 5 nitrogen and oxygen atoms in total. The summed E-state index contributed by atoms with van der Waals surface area (Å²) in [5.41, 5.74) is 0.830. The van der Waals surface area contributed by atoms with Gasteiger partial charge in [0.2, 0.25) is 5.91 Å². The number of amides is 1. The lowest BCUT2D eigenvalue weighted by Crippen LogP contribution is -2.49. The van der Waals surface area contributed by atoms with Crippen LogP contribution in [0.3, 0.4) is 0 Å². The lowest BCUT2D eigenvalue weighted by atomic mass is 10.3. The summed E-state index contributed by atoms with van der Waals surface area (Å²) in [6.07, 6.45) is 0. The van der Waals surface area contributed by atoms with E-state index in [1.54, 1.807) is 18.2 Å². The van der Waals surface area contributed by atoms with Crippen molar-refractivity contribution in [3.63, 3.8) is 0 Å². The molecule has 1 saturated heterocycles. The molecule has 0 radical (unpaired) electrons. The Morgan fingerprint density at radius 2 is 1.56 bits per heavy atom. The smallest absolute Gasteiger partial charge is 0.238 e.